The number of aliphatic imine (C=N–C) groups is 2. The molecule has 3 rings (SSSR count). The van der Waals surface area contributed by atoms with Crippen molar-refractivity contribution in [2.45, 2.75) is 52.9 Å². The van der Waals surface area contributed by atoms with Gasteiger partial charge in [-0.2, -0.15) is 0 Å². The Hall–Kier alpha value is -2.62. The molecule has 0 saturated carbocycles. The number of likely N-dealkylation sites (tertiary alicyclic amines) is 1. The van der Waals surface area contributed by atoms with Crippen molar-refractivity contribution in [2.24, 2.45) is 20.6 Å². The Labute approximate surface area is 200 Å². The average Bonchev–Trinajstić information content (AvgIpc) is 2.82. The van der Waals surface area contributed by atoms with Gasteiger partial charge in [-0.15, -0.1) is 0 Å². The van der Waals surface area contributed by atoms with Crippen LogP contribution >= 0.6 is 0 Å². The minimum atomic E-state index is -0.554. The van der Waals surface area contributed by atoms with Crippen LogP contribution in [0.2, 0.25) is 0 Å². The fourth-order valence-corrected chi connectivity index (χ4v) is 3.65. The van der Waals surface area contributed by atoms with Crippen molar-refractivity contribution in [1.82, 2.24) is 4.90 Å². The molecule has 2 saturated heterocycles. The van der Waals surface area contributed by atoms with Crippen molar-refractivity contribution in [2.75, 3.05) is 32.9 Å². The van der Waals surface area contributed by atoms with E-state index in [2.05, 4.69) is 28.8 Å². The van der Waals surface area contributed by atoms with E-state index in [4.69, 9.17) is 14.3 Å². The molecule has 186 valence electrons. The van der Waals surface area contributed by atoms with Crippen molar-refractivity contribution in [3.05, 3.63) is 41.3 Å². The third-order valence-electron chi connectivity index (χ3n) is 5.96. The van der Waals surface area contributed by atoms with Gasteiger partial charge < -0.3 is 24.3 Å². The summed E-state index contributed by atoms with van der Waals surface area (Å²) in [5.41, 5.74) is 2.04. The van der Waals surface area contributed by atoms with Gasteiger partial charge in [0.2, 0.25) is 5.96 Å². The first-order valence-electron chi connectivity index (χ1n) is 11.5. The van der Waals surface area contributed by atoms with Gasteiger partial charge >= 0.3 is 0 Å². The summed E-state index contributed by atoms with van der Waals surface area (Å²) >= 11 is 0. The molecule has 0 spiro atoms. The average molecular weight is 475 g/mol. The molecule has 1 N–H and O–H groups in total. The number of rotatable bonds is 6. The second kappa shape index (κ2) is 11.2. The third kappa shape index (κ3) is 6.71. The number of allylic oxidation sites excluding steroid dienone is 1. The smallest absolute Gasteiger partial charge is 0.224 e. The van der Waals surface area contributed by atoms with E-state index in [1.54, 1.807) is 31.3 Å². The molecule has 2 heterocycles. The maximum absolute atomic E-state index is 14.5. The van der Waals surface area contributed by atoms with Crippen LogP contribution in [0, 0.1) is 11.2 Å². The van der Waals surface area contributed by atoms with Gasteiger partial charge in [-0.3, -0.25) is 0 Å². The van der Waals surface area contributed by atoms with E-state index in [-0.39, 0.29) is 17.6 Å². The van der Waals surface area contributed by atoms with E-state index in [0.717, 1.165) is 18.6 Å². The number of guanidine groups is 1. The second-order valence-electron chi connectivity index (χ2n) is 9.54. The molecule has 0 radical (unpaired) electrons. The Morgan fingerprint density at radius 3 is 2.53 bits per heavy atom. The van der Waals surface area contributed by atoms with E-state index >= 15 is 0 Å². The Morgan fingerprint density at radius 1 is 1.24 bits per heavy atom. The van der Waals surface area contributed by atoms with Gasteiger partial charge in [0.25, 0.3) is 0 Å². The Morgan fingerprint density at radius 2 is 1.91 bits per heavy atom. The molecule has 8 nitrogen and oxygen atoms in total. The molecule has 2 aliphatic rings. The SMILES string of the molecule is C=NC(=N/C=C(\C)c1cccc(CO)c1F)N1CCC(=NOCC2(C)COC(C)(C)OC2)CC1. The van der Waals surface area contributed by atoms with Crippen LogP contribution in [-0.4, -0.2) is 67.1 Å². The van der Waals surface area contributed by atoms with Crippen molar-refractivity contribution in [3.63, 3.8) is 0 Å². The first-order valence-corrected chi connectivity index (χ1v) is 11.5. The lowest BCUT2D eigenvalue weighted by molar-refractivity contribution is -0.288. The quantitative estimate of drug-likeness (QED) is 0.383. The number of hydrogen-bond donors (Lipinski definition) is 1. The van der Waals surface area contributed by atoms with Crippen LogP contribution in [-0.2, 0) is 20.9 Å². The predicted octanol–water partition coefficient (Wildman–Crippen LogP) is 3.99. The zero-order valence-electron chi connectivity index (χ0n) is 20.5. The topological polar surface area (TPSA) is 88.2 Å². The molecule has 0 bridgehead atoms. The molecule has 0 atom stereocenters. The molecule has 0 aromatic heterocycles. The first kappa shape index (κ1) is 26.0. The minimum Gasteiger partial charge on any atom is -0.395 e. The van der Waals surface area contributed by atoms with Gasteiger partial charge in [0.15, 0.2) is 5.79 Å². The minimum absolute atomic E-state index is 0.229. The van der Waals surface area contributed by atoms with E-state index in [1.807, 2.05) is 18.7 Å². The summed E-state index contributed by atoms with van der Waals surface area (Å²) in [5.74, 6) is -0.517. The van der Waals surface area contributed by atoms with Crippen LogP contribution in [0.3, 0.4) is 0 Å². The summed E-state index contributed by atoms with van der Waals surface area (Å²) in [4.78, 5) is 16.1. The molecular weight excluding hydrogens is 439 g/mol. The number of nitrogens with zero attached hydrogens (tertiary/aromatic N) is 4. The molecule has 0 unspecified atom stereocenters. The summed E-state index contributed by atoms with van der Waals surface area (Å²) in [5, 5.41) is 13.6. The second-order valence-corrected chi connectivity index (χ2v) is 9.54. The highest BCUT2D eigenvalue weighted by Gasteiger charge is 2.37. The lowest BCUT2D eigenvalue weighted by atomic mass is 9.93. The number of oxime groups is 1. The molecule has 34 heavy (non-hydrogen) atoms. The zero-order chi connectivity index (χ0) is 24.8. The Kier molecular flexibility index (Phi) is 8.57. The van der Waals surface area contributed by atoms with Gasteiger partial charge in [0.05, 0.1) is 30.9 Å². The number of halogens is 1. The first-order chi connectivity index (χ1) is 16.2. The van der Waals surface area contributed by atoms with Crippen LogP contribution in [0.5, 0.6) is 0 Å². The van der Waals surface area contributed by atoms with Crippen LogP contribution in [0.4, 0.5) is 4.39 Å². The van der Waals surface area contributed by atoms with E-state index in [0.29, 0.717) is 50.0 Å². The Bertz CT molecular complexity index is 954. The van der Waals surface area contributed by atoms with Gasteiger partial charge in [-0.25, -0.2) is 14.4 Å². The van der Waals surface area contributed by atoms with E-state index < -0.39 is 11.6 Å². The summed E-state index contributed by atoms with van der Waals surface area (Å²) < 4.78 is 25.9. The van der Waals surface area contributed by atoms with Crippen LogP contribution in [0.1, 0.15) is 51.7 Å². The molecule has 1 aromatic rings. The molecule has 1 aromatic carbocycles. The number of aliphatic hydroxyl groups is 1. The largest absolute Gasteiger partial charge is 0.395 e. The molecular formula is C25H35FN4O4. The fourth-order valence-electron chi connectivity index (χ4n) is 3.65. The van der Waals surface area contributed by atoms with E-state index in [1.165, 1.54) is 0 Å². The normalized spacial score (nSPS) is 20.8. The lowest BCUT2D eigenvalue weighted by Gasteiger charge is -2.40. The van der Waals surface area contributed by atoms with Crippen molar-refractivity contribution < 1.29 is 23.8 Å². The molecule has 2 fully saturated rings. The molecule has 2 aliphatic heterocycles. The molecule has 9 heteroatoms. The third-order valence-corrected chi connectivity index (χ3v) is 5.96. The summed E-state index contributed by atoms with van der Waals surface area (Å²) in [6.45, 7) is 13.8. The lowest BCUT2D eigenvalue weighted by Crippen LogP contribution is -2.47. The van der Waals surface area contributed by atoms with Crippen molar-refractivity contribution >= 4 is 24.0 Å². The summed E-state index contributed by atoms with van der Waals surface area (Å²) in [6.07, 6.45) is 3.02. The Balaban J connectivity index is 1.54. The molecule has 0 amide bonds. The number of aliphatic hydroxyl groups excluding tert-OH is 1. The number of benzene rings is 1. The molecule has 0 aliphatic carbocycles. The maximum atomic E-state index is 14.5. The standard InChI is InChI=1S/C25H35FN4O4/c1-18(21-8-6-7-19(14-31)22(21)26)13-28-23(27-5)30-11-9-20(10-12-30)29-34-17-25(4)15-32-24(2,3)33-16-25/h6-8,13,31H,5,9-12,14-17H2,1-4H3/b18-13+,28-23?. The maximum Gasteiger partial charge on any atom is 0.224 e. The predicted molar refractivity (Wildman–Crippen MR) is 131 cm³/mol. The number of hydrogen-bond acceptors (Lipinski definition) is 6. The summed E-state index contributed by atoms with van der Waals surface area (Å²) in [6, 6.07) is 4.93. The van der Waals surface area contributed by atoms with Crippen LogP contribution in [0.15, 0.2) is 39.5 Å². The van der Waals surface area contributed by atoms with Crippen molar-refractivity contribution in [3.8, 4) is 0 Å². The van der Waals surface area contributed by atoms with Gasteiger partial charge in [-0.05, 0) is 33.1 Å². The van der Waals surface area contributed by atoms with Crippen LogP contribution in [0.25, 0.3) is 5.57 Å². The highest BCUT2D eigenvalue weighted by molar-refractivity contribution is 5.90. The van der Waals surface area contributed by atoms with Crippen molar-refractivity contribution in [1.29, 1.82) is 0 Å². The van der Waals surface area contributed by atoms with Crippen LogP contribution < -0.4 is 0 Å². The van der Waals surface area contributed by atoms with Gasteiger partial charge in [0, 0.05) is 43.3 Å². The van der Waals surface area contributed by atoms with E-state index in [9.17, 15) is 9.50 Å². The summed E-state index contributed by atoms with van der Waals surface area (Å²) in [7, 11) is 0. The zero-order valence-corrected chi connectivity index (χ0v) is 20.5. The highest BCUT2D eigenvalue weighted by Crippen LogP contribution is 2.29. The number of ether oxygens (including phenoxy) is 2. The van der Waals surface area contributed by atoms with Gasteiger partial charge in [-0.1, -0.05) is 30.3 Å². The highest BCUT2D eigenvalue weighted by atomic mass is 19.1. The monoisotopic (exact) mass is 474 g/mol. The van der Waals surface area contributed by atoms with Gasteiger partial charge in [0.1, 0.15) is 12.4 Å². The fraction of sp³-hybridized carbons (Fsp3) is 0.560. The number of piperidine rings is 1.